The second-order valence-electron chi connectivity index (χ2n) is 7.44. The van der Waals surface area contributed by atoms with Crippen LogP contribution in [0.5, 0.6) is 0 Å². The lowest BCUT2D eigenvalue weighted by Crippen LogP contribution is -2.06. The zero-order chi connectivity index (χ0) is 22.5. The Morgan fingerprint density at radius 1 is 0.806 bits per heavy atom. The number of hydrogen-bond donors (Lipinski definition) is 1. The number of aryl methyl sites for hydroxylation is 3. The minimum absolute atomic E-state index is 0.239. The molecule has 0 heterocycles. The van der Waals surface area contributed by atoms with Gasteiger partial charge < -0.3 is 5.11 Å². The first-order valence-corrected chi connectivity index (χ1v) is 10.1. The minimum Gasteiger partial charge on any atom is -0.478 e. The molecule has 0 atom stereocenters. The Balaban J connectivity index is 1.95. The maximum absolute atomic E-state index is 15.0. The fourth-order valence-electron chi connectivity index (χ4n) is 3.53. The quantitative estimate of drug-likeness (QED) is 0.318. The molecule has 0 aliphatic rings. The smallest absolute Gasteiger partial charge is 0.338 e. The van der Waals surface area contributed by atoms with Crippen LogP contribution < -0.4 is 0 Å². The van der Waals surface area contributed by atoms with E-state index in [9.17, 15) is 23.1 Å². The molecule has 0 aromatic heterocycles. The lowest BCUT2D eigenvalue weighted by atomic mass is 9.92. The highest BCUT2D eigenvalue weighted by Crippen LogP contribution is 2.32. The number of hydrogen-bond acceptors (Lipinski definition) is 1. The van der Waals surface area contributed by atoms with Crippen LogP contribution in [0.1, 0.15) is 46.8 Å². The van der Waals surface area contributed by atoms with Crippen molar-refractivity contribution in [2.45, 2.75) is 39.0 Å². The fourth-order valence-corrected chi connectivity index (χ4v) is 3.53. The van der Waals surface area contributed by atoms with E-state index in [1.165, 1.54) is 11.6 Å². The van der Waals surface area contributed by atoms with Crippen LogP contribution in [0.3, 0.4) is 0 Å². The average Bonchev–Trinajstić information content (AvgIpc) is 2.74. The summed E-state index contributed by atoms with van der Waals surface area (Å²) in [6.07, 6.45) is 4.01. The molecule has 0 radical (unpaired) electrons. The summed E-state index contributed by atoms with van der Waals surface area (Å²) in [5.41, 5.74) is 1.48. The second kappa shape index (κ2) is 9.77. The van der Waals surface area contributed by atoms with Gasteiger partial charge in [0.25, 0.3) is 0 Å². The molecular formula is C25H22F4O2. The van der Waals surface area contributed by atoms with Crippen molar-refractivity contribution in [1.29, 1.82) is 0 Å². The molecule has 3 rings (SSSR count). The summed E-state index contributed by atoms with van der Waals surface area (Å²) in [5.74, 6) is -7.21. The second-order valence-corrected chi connectivity index (χ2v) is 7.44. The first kappa shape index (κ1) is 22.5. The number of halogens is 4. The Labute approximate surface area is 178 Å². The number of carboxylic acids is 1. The summed E-state index contributed by atoms with van der Waals surface area (Å²) in [6, 6.07) is 11.9. The van der Waals surface area contributed by atoms with Crippen molar-refractivity contribution in [1.82, 2.24) is 0 Å². The van der Waals surface area contributed by atoms with Gasteiger partial charge in [0.2, 0.25) is 0 Å². The number of carboxylic acid groups (broad SMARTS) is 1. The number of benzene rings is 3. The van der Waals surface area contributed by atoms with Gasteiger partial charge in [0.1, 0.15) is 5.82 Å². The van der Waals surface area contributed by atoms with E-state index >= 15 is 4.39 Å². The lowest BCUT2D eigenvalue weighted by molar-refractivity contribution is 0.0692. The summed E-state index contributed by atoms with van der Waals surface area (Å²) in [4.78, 5) is 11.3. The predicted molar refractivity (Wildman–Crippen MR) is 111 cm³/mol. The van der Waals surface area contributed by atoms with Crippen LogP contribution in [0, 0.1) is 23.3 Å². The van der Waals surface area contributed by atoms with Gasteiger partial charge in [0.05, 0.1) is 5.56 Å². The van der Waals surface area contributed by atoms with Crippen molar-refractivity contribution in [3.8, 4) is 11.1 Å². The Morgan fingerprint density at radius 3 is 1.94 bits per heavy atom. The van der Waals surface area contributed by atoms with Crippen molar-refractivity contribution in [3.05, 3.63) is 94.1 Å². The Morgan fingerprint density at radius 2 is 1.39 bits per heavy atom. The Hall–Kier alpha value is -3.15. The minimum atomic E-state index is -1.66. The van der Waals surface area contributed by atoms with Crippen LogP contribution in [0.2, 0.25) is 0 Å². The van der Waals surface area contributed by atoms with Gasteiger partial charge >= 0.3 is 5.97 Å². The van der Waals surface area contributed by atoms with Gasteiger partial charge in [-0.25, -0.2) is 22.4 Å². The highest BCUT2D eigenvalue weighted by atomic mass is 19.2. The van der Waals surface area contributed by atoms with Crippen LogP contribution >= 0.6 is 0 Å². The Bertz CT molecular complexity index is 1070. The first-order chi connectivity index (χ1) is 14.8. The zero-order valence-corrected chi connectivity index (χ0v) is 17.0. The fraction of sp³-hybridized carbons (Fsp3) is 0.240. The largest absolute Gasteiger partial charge is 0.478 e. The molecule has 31 heavy (non-hydrogen) atoms. The standard InChI is InChI=1S/C25H22F4O2/c1-2-3-4-15-5-7-16(8-6-15)9-10-17-11-12-19(25(30)31)23(28)22(17)18-13-20(26)24(29)21(27)14-18/h5-8,11-14H,2-4,9-10H2,1H3,(H,30,31). The van der Waals surface area contributed by atoms with Gasteiger partial charge in [0.15, 0.2) is 17.5 Å². The van der Waals surface area contributed by atoms with Gasteiger partial charge in [-0.2, -0.15) is 0 Å². The maximum Gasteiger partial charge on any atom is 0.338 e. The zero-order valence-electron chi connectivity index (χ0n) is 17.0. The molecule has 0 aliphatic carbocycles. The van der Waals surface area contributed by atoms with Crippen molar-refractivity contribution < 1.29 is 27.5 Å². The van der Waals surface area contributed by atoms with E-state index in [-0.39, 0.29) is 11.1 Å². The summed E-state index contributed by atoms with van der Waals surface area (Å²) in [5, 5.41) is 9.23. The highest BCUT2D eigenvalue weighted by Gasteiger charge is 2.21. The molecule has 3 aromatic carbocycles. The van der Waals surface area contributed by atoms with Crippen molar-refractivity contribution >= 4 is 5.97 Å². The molecule has 0 unspecified atom stereocenters. The maximum atomic E-state index is 15.0. The lowest BCUT2D eigenvalue weighted by Gasteiger charge is -2.14. The van der Waals surface area contributed by atoms with E-state index in [0.29, 0.717) is 30.5 Å². The van der Waals surface area contributed by atoms with Crippen LogP contribution in [0.15, 0.2) is 48.5 Å². The monoisotopic (exact) mass is 430 g/mol. The molecule has 162 valence electrons. The van der Waals surface area contributed by atoms with E-state index in [0.717, 1.165) is 30.9 Å². The van der Waals surface area contributed by atoms with Gasteiger partial charge in [0, 0.05) is 5.56 Å². The molecule has 0 saturated carbocycles. The van der Waals surface area contributed by atoms with Gasteiger partial charge in [-0.05, 0) is 66.1 Å². The molecule has 0 aliphatic heterocycles. The first-order valence-electron chi connectivity index (χ1n) is 10.1. The van der Waals surface area contributed by atoms with E-state index in [4.69, 9.17) is 0 Å². The molecule has 0 amide bonds. The molecule has 1 N–H and O–H groups in total. The molecule has 6 heteroatoms. The van der Waals surface area contributed by atoms with Crippen molar-refractivity contribution in [2.24, 2.45) is 0 Å². The molecular weight excluding hydrogens is 408 g/mol. The molecule has 2 nitrogen and oxygen atoms in total. The third-order valence-corrected chi connectivity index (χ3v) is 5.26. The van der Waals surface area contributed by atoms with E-state index in [1.54, 1.807) is 0 Å². The molecule has 0 saturated heterocycles. The molecule has 0 fully saturated rings. The van der Waals surface area contributed by atoms with Crippen molar-refractivity contribution in [3.63, 3.8) is 0 Å². The van der Waals surface area contributed by atoms with E-state index < -0.39 is 34.8 Å². The van der Waals surface area contributed by atoms with Gasteiger partial charge in [-0.3, -0.25) is 0 Å². The third-order valence-electron chi connectivity index (χ3n) is 5.26. The van der Waals surface area contributed by atoms with Crippen LogP contribution in [0.4, 0.5) is 17.6 Å². The normalized spacial score (nSPS) is 11.0. The third kappa shape index (κ3) is 5.13. The van der Waals surface area contributed by atoms with Gasteiger partial charge in [-0.1, -0.05) is 43.7 Å². The van der Waals surface area contributed by atoms with Crippen LogP contribution in [-0.4, -0.2) is 11.1 Å². The molecule has 0 bridgehead atoms. The SMILES string of the molecule is CCCCc1ccc(CCc2ccc(C(=O)O)c(F)c2-c2cc(F)c(F)c(F)c2)cc1. The molecule has 0 spiro atoms. The summed E-state index contributed by atoms with van der Waals surface area (Å²) in [6.45, 7) is 2.12. The molecule has 3 aromatic rings. The Kier molecular flexibility index (Phi) is 7.10. The number of rotatable bonds is 8. The van der Waals surface area contributed by atoms with Crippen LogP contribution in [0.25, 0.3) is 11.1 Å². The summed E-state index contributed by atoms with van der Waals surface area (Å²) >= 11 is 0. The average molecular weight is 430 g/mol. The number of aromatic carboxylic acids is 1. The van der Waals surface area contributed by atoms with Crippen LogP contribution in [-0.2, 0) is 19.3 Å². The number of unbranched alkanes of at least 4 members (excludes halogenated alkanes) is 1. The summed E-state index contributed by atoms with van der Waals surface area (Å²) in [7, 11) is 0. The van der Waals surface area contributed by atoms with E-state index in [2.05, 4.69) is 6.92 Å². The van der Waals surface area contributed by atoms with Gasteiger partial charge in [-0.15, -0.1) is 0 Å². The summed E-state index contributed by atoms with van der Waals surface area (Å²) < 4.78 is 55.9. The predicted octanol–water partition coefficient (Wildman–Crippen LogP) is 6.74. The number of carbonyl (C=O) groups is 1. The van der Waals surface area contributed by atoms with Crippen molar-refractivity contribution in [2.75, 3.05) is 0 Å². The van der Waals surface area contributed by atoms with E-state index in [1.807, 2.05) is 24.3 Å². The highest BCUT2D eigenvalue weighted by molar-refractivity contribution is 5.90. The topological polar surface area (TPSA) is 37.3 Å².